The number of aliphatic imine (C=N–C) groups is 1. The van der Waals surface area contributed by atoms with E-state index in [0.29, 0.717) is 12.2 Å². The van der Waals surface area contributed by atoms with Crippen molar-refractivity contribution in [2.45, 2.75) is 36.9 Å². The number of ether oxygens (including phenoxy) is 1. The fraction of sp³-hybridized carbons (Fsp3) is 0.467. The number of sulfonamides is 1. The first-order valence-electron chi connectivity index (χ1n) is 7.79. The summed E-state index contributed by atoms with van der Waals surface area (Å²) < 4.78 is 31.6. The molecule has 3 rings (SSSR count). The summed E-state index contributed by atoms with van der Waals surface area (Å²) in [4.78, 5) is 21.3. The number of carbonyl (C=O) groups excluding carboxylic acids is 1. The maximum Gasteiger partial charge on any atom is 0.263 e. The van der Waals surface area contributed by atoms with Crippen LogP contribution in [0.25, 0.3) is 0 Å². The number of rotatable bonds is 5. The van der Waals surface area contributed by atoms with Gasteiger partial charge >= 0.3 is 0 Å². The lowest BCUT2D eigenvalue weighted by atomic mass is 10.2. The summed E-state index contributed by atoms with van der Waals surface area (Å²) in [5.74, 6) is -0.0717. The van der Waals surface area contributed by atoms with Crippen molar-refractivity contribution in [3.05, 3.63) is 29.8 Å². The molecule has 0 aliphatic carbocycles. The highest BCUT2D eigenvalue weighted by Crippen LogP contribution is 2.22. The second kappa shape index (κ2) is 7.29. The molecule has 130 valence electrons. The van der Waals surface area contributed by atoms with Crippen molar-refractivity contribution < 1.29 is 22.8 Å². The Hall–Kier alpha value is -1.97. The van der Waals surface area contributed by atoms with Crippen molar-refractivity contribution in [2.75, 3.05) is 13.2 Å². The predicted molar refractivity (Wildman–Crippen MR) is 85.6 cm³/mol. The number of carbonyl (C=O) groups is 1. The standard InChI is InChI=1S/C15H19N3O5S/c19-13(17-23-14-7-3-4-10-22-14)8-9-16-15-11-5-1-2-6-12(11)24(20,21)18-15/h1-2,5-6,14H,3-4,7-10H2,(H,16,18)(H,17,19). The van der Waals surface area contributed by atoms with Gasteiger partial charge < -0.3 is 4.74 Å². The monoisotopic (exact) mass is 353 g/mol. The molecule has 1 atom stereocenters. The molecule has 9 heteroatoms. The number of nitrogens with one attached hydrogen (secondary N) is 2. The van der Waals surface area contributed by atoms with Gasteiger partial charge in [-0.1, -0.05) is 12.1 Å². The molecule has 2 aliphatic heterocycles. The fourth-order valence-electron chi connectivity index (χ4n) is 2.51. The Labute approximate surface area is 140 Å². The van der Waals surface area contributed by atoms with E-state index in [0.717, 1.165) is 19.3 Å². The average Bonchev–Trinajstić information content (AvgIpc) is 2.85. The van der Waals surface area contributed by atoms with E-state index in [-0.39, 0.29) is 29.6 Å². The van der Waals surface area contributed by atoms with Crippen molar-refractivity contribution in [3.8, 4) is 0 Å². The third-order valence-electron chi connectivity index (χ3n) is 3.71. The Kier molecular flexibility index (Phi) is 5.12. The van der Waals surface area contributed by atoms with Gasteiger partial charge in [-0.3, -0.25) is 14.5 Å². The Morgan fingerprint density at radius 1 is 1.38 bits per heavy atom. The molecular formula is C15H19N3O5S. The van der Waals surface area contributed by atoms with E-state index in [1.165, 1.54) is 6.07 Å². The van der Waals surface area contributed by atoms with Gasteiger partial charge in [0.25, 0.3) is 10.0 Å². The quantitative estimate of drug-likeness (QED) is 0.758. The second-order valence-corrected chi connectivity index (χ2v) is 7.17. The molecule has 1 saturated heterocycles. The zero-order valence-corrected chi connectivity index (χ0v) is 13.8. The summed E-state index contributed by atoms with van der Waals surface area (Å²) >= 11 is 0. The van der Waals surface area contributed by atoms with E-state index < -0.39 is 16.3 Å². The van der Waals surface area contributed by atoms with E-state index >= 15 is 0 Å². The normalized spacial score (nSPS) is 23.5. The van der Waals surface area contributed by atoms with Crippen LogP contribution in [0.2, 0.25) is 0 Å². The molecule has 0 aromatic heterocycles. The van der Waals surface area contributed by atoms with Crippen molar-refractivity contribution in [1.29, 1.82) is 0 Å². The van der Waals surface area contributed by atoms with Crippen LogP contribution >= 0.6 is 0 Å². The van der Waals surface area contributed by atoms with E-state index in [1.54, 1.807) is 18.2 Å². The molecule has 24 heavy (non-hydrogen) atoms. The lowest BCUT2D eigenvalue weighted by Crippen LogP contribution is -2.33. The molecular weight excluding hydrogens is 334 g/mol. The van der Waals surface area contributed by atoms with Crippen molar-refractivity contribution in [2.24, 2.45) is 4.99 Å². The summed E-state index contributed by atoms with van der Waals surface area (Å²) in [6.07, 6.45) is 2.44. The number of benzene rings is 1. The minimum atomic E-state index is -3.55. The molecule has 0 spiro atoms. The van der Waals surface area contributed by atoms with Gasteiger partial charge in [-0.2, -0.15) is 0 Å². The van der Waals surface area contributed by atoms with Gasteiger partial charge in [0.2, 0.25) is 5.91 Å². The molecule has 0 saturated carbocycles. The number of nitrogens with zero attached hydrogens (tertiary/aromatic N) is 1. The van der Waals surface area contributed by atoms with Gasteiger partial charge in [0.15, 0.2) is 6.29 Å². The van der Waals surface area contributed by atoms with Crippen LogP contribution in [0.5, 0.6) is 0 Å². The molecule has 0 bridgehead atoms. The second-order valence-electron chi connectivity index (χ2n) is 5.52. The van der Waals surface area contributed by atoms with Crippen LogP contribution in [-0.2, 0) is 24.4 Å². The highest BCUT2D eigenvalue weighted by molar-refractivity contribution is 7.90. The molecule has 8 nitrogen and oxygen atoms in total. The summed E-state index contributed by atoms with van der Waals surface area (Å²) in [5, 5.41) is 0. The van der Waals surface area contributed by atoms with Gasteiger partial charge in [0.1, 0.15) is 5.84 Å². The highest BCUT2D eigenvalue weighted by atomic mass is 32.2. The van der Waals surface area contributed by atoms with Crippen LogP contribution in [-0.4, -0.2) is 39.6 Å². The lowest BCUT2D eigenvalue weighted by molar-refractivity contribution is -0.200. The molecule has 1 fully saturated rings. The Balaban J connectivity index is 1.51. The molecule has 2 N–H and O–H groups in total. The third kappa shape index (κ3) is 3.92. The Bertz CT molecular complexity index is 741. The minimum Gasteiger partial charge on any atom is -0.350 e. The van der Waals surface area contributed by atoms with Gasteiger partial charge in [-0.05, 0) is 25.0 Å². The molecule has 0 radical (unpaired) electrons. The first kappa shape index (κ1) is 16.9. The zero-order valence-electron chi connectivity index (χ0n) is 13.0. The van der Waals surface area contributed by atoms with Crippen LogP contribution in [0.4, 0.5) is 0 Å². The fourth-order valence-corrected chi connectivity index (χ4v) is 3.76. The first-order chi connectivity index (χ1) is 11.6. The van der Waals surface area contributed by atoms with E-state index in [4.69, 9.17) is 9.57 Å². The van der Waals surface area contributed by atoms with Gasteiger partial charge in [0, 0.05) is 25.0 Å². The van der Waals surface area contributed by atoms with Crippen molar-refractivity contribution >= 4 is 21.8 Å². The largest absolute Gasteiger partial charge is 0.350 e. The molecule has 2 heterocycles. The van der Waals surface area contributed by atoms with E-state index in [9.17, 15) is 13.2 Å². The van der Waals surface area contributed by atoms with Crippen LogP contribution in [0, 0.1) is 0 Å². The minimum absolute atomic E-state index is 0.0834. The van der Waals surface area contributed by atoms with E-state index in [1.807, 2.05) is 0 Å². The molecule has 1 unspecified atom stereocenters. The van der Waals surface area contributed by atoms with Crippen LogP contribution < -0.4 is 10.2 Å². The summed E-state index contributed by atoms with van der Waals surface area (Å²) in [6, 6.07) is 6.58. The predicted octanol–water partition coefficient (Wildman–Crippen LogP) is 0.690. The highest BCUT2D eigenvalue weighted by Gasteiger charge is 2.29. The van der Waals surface area contributed by atoms with Crippen LogP contribution in [0.3, 0.4) is 0 Å². The average molecular weight is 353 g/mol. The van der Waals surface area contributed by atoms with Gasteiger partial charge in [-0.25, -0.2) is 18.7 Å². The van der Waals surface area contributed by atoms with Gasteiger partial charge in [0.05, 0.1) is 11.4 Å². The zero-order chi connectivity index (χ0) is 17.0. The summed E-state index contributed by atoms with van der Waals surface area (Å²) in [7, 11) is -3.55. The number of amides is 1. The summed E-state index contributed by atoms with van der Waals surface area (Å²) in [6.45, 7) is 0.778. The Morgan fingerprint density at radius 2 is 2.21 bits per heavy atom. The van der Waals surface area contributed by atoms with Crippen LogP contribution in [0.15, 0.2) is 34.2 Å². The molecule has 1 aromatic carbocycles. The number of hydrogen-bond donors (Lipinski definition) is 2. The Morgan fingerprint density at radius 3 is 3.00 bits per heavy atom. The molecule has 2 aliphatic rings. The van der Waals surface area contributed by atoms with Gasteiger partial charge in [-0.15, -0.1) is 0 Å². The number of amidine groups is 1. The van der Waals surface area contributed by atoms with Crippen LogP contribution in [0.1, 0.15) is 31.2 Å². The maximum absolute atomic E-state index is 11.9. The molecule has 1 aromatic rings. The van der Waals surface area contributed by atoms with Crippen molar-refractivity contribution in [1.82, 2.24) is 10.2 Å². The lowest BCUT2D eigenvalue weighted by Gasteiger charge is -2.21. The molecule has 1 amide bonds. The third-order valence-corrected chi connectivity index (χ3v) is 5.11. The SMILES string of the molecule is O=C(CCN=C1NS(=O)(=O)c2ccccc21)NOC1CCCCO1. The number of fused-ring (bicyclic) bond motifs is 1. The topological polar surface area (TPSA) is 106 Å². The maximum atomic E-state index is 11.9. The van der Waals surface area contributed by atoms with E-state index in [2.05, 4.69) is 15.2 Å². The first-order valence-corrected chi connectivity index (χ1v) is 9.27. The van der Waals surface area contributed by atoms with Crippen molar-refractivity contribution in [3.63, 3.8) is 0 Å². The summed E-state index contributed by atoms with van der Waals surface area (Å²) in [5.41, 5.74) is 2.86. The number of hydroxylamine groups is 1. The number of hydrogen-bond acceptors (Lipinski definition) is 6. The smallest absolute Gasteiger partial charge is 0.263 e.